The van der Waals surface area contributed by atoms with Gasteiger partial charge in [0, 0.05) is 29.6 Å². The number of hydroxylamine groups is 1. The van der Waals surface area contributed by atoms with Crippen molar-refractivity contribution in [1.29, 1.82) is 0 Å². The summed E-state index contributed by atoms with van der Waals surface area (Å²) in [6.45, 7) is 5.82. The summed E-state index contributed by atoms with van der Waals surface area (Å²) in [6, 6.07) is 14.5. The molecule has 29 heavy (non-hydrogen) atoms. The number of nitrogens with one attached hydrogen (secondary N) is 2. The number of furan rings is 1. The van der Waals surface area contributed by atoms with Crippen molar-refractivity contribution in [2.24, 2.45) is 0 Å². The third-order valence-electron chi connectivity index (χ3n) is 4.37. The van der Waals surface area contributed by atoms with Gasteiger partial charge in [-0.05, 0) is 44.4 Å². The first-order valence-corrected chi connectivity index (χ1v) is 9.25. The molecule has 1 aromatic heterocycles. The van der Waals surface area contributed by atoms with Crippen LogP contribution in [0.1, 0.15) is 21.7 Å². The lowest BCUT2D eigenvalue weighted by Crippen LogP contribution is -2.20. The van der Waals surface area contributed by atoms with Crippen LogP contribution in [0.25, 0.3) is 16.7 Å². The monoisotopic (exact) mass is 395 g/mol. The molecule has 7 heteroatoms. The fraction of sp³-hybridized carbons (Fsp3) is 0.227. The molecule has 152 valence electrons. The van der Waals surface area contributed by atoms with Crippen LogP contribution in [0.4, 0.5) is 0 Å². The Bertz CT molecular complexity index is 993. The molecule has 3 rings (SSSR count). The highest BCUT2D eigenvalue weighted by Gasteiger charge is 2.16. The first-order chi connectivity index (χ1) is 14.0. The number of carbonyl (C=O) groups excluding carboxylic acids is 1. The number of hydrogen-bond donors (Lipinski definition) is 3. The van der Waals surface area contributed by atoms with E-state index in [9.17, 15) is 4.79 Å². The van der Waals surface area contributed by atoms with E-state index in [-0.39, 0.29) is 0 Å². The molecule has 1 heterocycles. The summed E-state index contributed by atoms with van der Waals surface area (Å²) in [5.41, 5.74) is 4.59. The summed E-state index contributed by atoms with van der Waals surface area (Å²) >= 11 is 0. The zero-order valence-electron chi connectivity index (χ0n) is 16.6. The van der Waals surface area contributed by atoms with Crippen molar-refractivity contribution >= 4 is 22.6 Å². The molecule has 0 bridgehead atoms. The Morgan fingerprint density at radius 1 is 1.17 bits per heavy atom. The van der Waals surface area contributed by atoms with Crippen LogP contribution in [0.2, 0.25) is 0 Å². The summed E-state index contributed by atoms with van der Waals surface area (Å²) in [7, 11) is 4.04. The lowest BCUT2D eigenvalue weighted by atomic mass is 10.1. The quantitative estimate of drug-likeness (QED) is 0.293. The molecular formula is C22H25N3O4. The minimum absolute atomic E-state index is 0.352. The molecule has 0 atom stereocenters. The largest absolute Gasteiger partial charge is 0.492 e. The second kappa shape index (κ2) is 9.27. The van der Waals surface area contributed by atoms with E-state index in [1.807, 2.05) is 32.3 Å². The number of hydrogen-bond acceptors (Lipinski definition) is 6. The summed E-state index contributed by atoms with van der Waals surface area (Å²) < 4.78 is 11.7. The van der Waals surface area contributed by atoms with Gasteiger partial charge in [0.1, 0.15) is 17.9 Å². The highest BCUT2D eigenvalue weighted by Crippen LogP contribution is 2.30. The smallest absolute Gasteiger partial charge is 0.274 e. The van der Waals surface area contributed by atoms with Crippen molar-refractivity contribution in [2.75, 3.05) is 27.2 Å². The summed E-state index contributed by atoms with van der Waals surface area (Å²) in [5, 5.41) is 13.0. The van der Waals surface area contributed by atoms with Crippen LogP contribution in [0.3, 0.4) is 0 Å². The second-order valence-electron chi connectivity index (χ2n) is 6.86. The Hall–Kier alpha value is -3.29. The molecule has 3 aromatic rings. The van der Waals surface area contributed by atoms with Gasteiger partial charge in [-0.25, -0.2) is 5.48 Å². The average Bonchev–Trinajstić information content (AvgIpc) is 3.09. The van der Waals surface area contributed by atoms with Gasteiger partial charge in [-0.15, -0.1) is 0 Å². The van der Waals surface area contributed by atoms with E-state index in [0.717, 1.165) is 28.8 Å². The van der Waals surface area contributed by atoms with E-state index in [4.69, 9.17) is 14.4 Å². The van der Waals surface area contributed by atoms with Gasteiger partial charge in [0.05, 0.1) is 5.70 Å². The van der Waals surface area contributed by atoms with E-state index in [1.54, 1.807) is 29.7 Å². The highest BCUT2D eigenvalue weighted by molar-refractivity contribution is 5.93. The number of amides is 1. The van der Waals surface area contributed by atoms with E-state index in [1.165, 1.54) is 0 Å². The molecule has 0 radical (unpaired) electrons. The third-order valence-corrected chi connectivity index (χ3v) is 4.37. The second-order valence-corrected chi connectivity index (χ2v) is 6.86. The van der Waals surface area contributed by atoms with E-state index in [2.05, 4.69) is 22.9 Å². The normalized spacial score (nSPS) is 10.9. The molecule has 0 aliphatic heterocycles. The molecular weight excluding hydrogens is 370 g/mol. The van der Waals surface area contributed by atoms with Crippen molar-refractivity contribution in [3.63, 3.8) is 0 Å². The van der Waals surface area contributed by atoms with E-state index < -0.39 is 5.91 Å². The lowest BCUT2D eigenvalue weighted by molar-refractivity contribution is 0.0706. The fourth-order valence-electron chi connectivity index (χ4n) is 3.03. The van der Waals surface area contributed by atoms with Crippen molar-refractivity contribution in [1.82, 2.24) is 15.7 Å². The first-order valence-electron chi connectivity index (χ1n) is 9.25. The summed E-state index contributed by atoms with van der Waals surface area (Å²) in [4.78, 5) is 13.4. The Labute approximate surface area is 169 Å². The van der Waals surface area contributed by atoms with Crippen LogP contribution < -0.4 is 15.5 Å². The van der Waals surface area contributed by atoms with Crippen molar-refractivity contribution in [2.45, 2.75) is 6.54 Å². The number of carbonyl (C=O) groups is 1. The van der Waals surface area contributed by atoms with Crippen LogP contribution >= 0.6 is 0 Å². The predicted molar refractivity (Wildman–Crippen MR) is 112 cm³/mol. The van der Waals surface area contributed by atoms with Crippen LogP contribution in [-0.4, -0.2) is 43.3 Å². The minimum atomic E-state index is -0.561. The van der Waals surface area contributed by atoms with Crippen LogP contribution in [-0.2, 0) is 6.54 Å². The van der Waals surface area contributed by atoms with Gasteiger partial charge in [0.25, 0.3) is 5.91 Å². The Morgan fingerprint density at radius 2 is 1.90 bits per heavy atom. The standard InChI is InChI=1S/C22H25N3O4/c1-15(21-19(14-25(2)3)18-6-4-5-7-20(18)29-21)23-12-13-28-17-10-8-16(9-11-17)22(26)24-27/h4-11,23,27H,1,12-14H2,2-3H3,(H,24,26). The van der Waals surface area contributed by atoms with Crippen molar-refractivity contribution < 1.29 is 19.2 Å². The number of nitrogens with zero attached hydrogens (tertiary/aromatic N) is 1. The topological polar surface area (TPSA) is 87.0 Å². The number of fused-ring (bicyclic) bond motifs is 1. The van der Waals surface area contributed by atoms with Crippen molar-refractivity contribution in [3.8, 4) is 5.75 Å². The zero-order chi connectivity index (χ0) is 20.8. The highest BCUT2D eigenvalue weighted by atomic mass is 16.5. The number of para-hydroxylation sites is 1. The Balaban J connectivity index is 1.59. The van der Waals surface area contributed by atoms with E-state index in [0.29, 0.717) is 30.2 Å². The molecule has 2 aromatic carbocycles. The molecule has 0 aliphatic rings. The lowest BCUT2D eigenvalue weighted by Gasteiger charge is -2.13. The predicted octanol–water partition coefficient (Wildman–Crippen LogP) is 3.25. The Kier molecular flexibility index (Phi) is 6.54. The molecule has 0 saturated carbocycles. The molecule has 1 amide bonds. The first kappa shape index (κ1) is 20.4. The van der Waals surface area contributed by atoms with Gasteiger partial charge in [-0.1, -0.05) is 24.8 Å². The Morgan fingerprint density at radius 3 is 2.59 bits per heavy atom. The number of ether oxygens (including phenoxy) is 1. The molecule has 0 aliphatic carbocycles. The number of benzene rings is 2. The SMILES string of the molecule is C=C(NCCOc1ccc(C(=O)NO)cc1)c1oc2ccccc2c1CN(C)C. The van der Waals surface area contributed by atoms with Crippen LogP contribution in [0, 0.1) is 0 Å². The van der Waals surface area contributed by atoms with Gasteiger partial charge >= 0.3 is 0 Å². The summed E-state index contributed by atoms with van der Waals surface area (Å²) in [6.07, 6.45) is 0. The average molecular weight is 395 g/mol. The maximum absolute atomic E-state index is 11.3. The summed E-state index contributed by atoms with van der Waals surface area (Å²) in [5.74, 6) is 0.817. The molecule has 0 unspecified atom stereocenters. The molecule has 0 saturated heterocycles. The van der Waals surface area contributed by atoms with Crippen LogP contribution in [0.15, 0.2) is 59.5 Å². The zero-order valence-corrected chi connectivity index (χ0v) is 16.6. The molecule has 7 nitrogen and oxygen atoms in total. The van der Waals surface area contributed by atoms with Crippen LogP contribution in [0.5, 0.6) is 5.75 Å². The van der Waals surface area contributed by atoms with Gasteiger partial charge in [0.15, 0.2) is 5.76 Å². The van der Waals surface area contributed by atoms with E-state index >= 15 is 0 Å². The van der Waals surface area contributed by atoms with Gasteiger partial charge in [0.2, 0.25) is 0 Å². The third kappa shape index (κ3) is 4.96. The fourth-order valence-corrected chi connectivity index (χ4v) is 3.03. The van der Waals surface area contributed by atoms with Gasteiger partial charge < -0.3 is 19.4 Å². The van der Waals surface area contributed by atoms with Gasteiger partial charge in [-0.2, -0.15) is 0 Å². The maximum Gasteiger partial charge on any atom is 0.274 e. The minimum Gasteiger partial charge on any atom is -0.492 e. The van der Waals surface area contributed by atoms with Gasteiger partial charge in [-0.3, -0.25) is 10.0 Å². The molecule has 0 fully saturated rings. The number of rotatable bonds is 9. The molecule has 3 N–H and O–H groups in total. The molecule has 0 spiro atoms. The van der Waals surface area contributed by atoms with Crippen molar-refractivity contribution in [3.05, 3.63) is 72.0 Å². The maximum atomic E-state index is 11.3.